The number of carbonyl (C=O) groups excluding carboxylic acids is 1. The maximum absolute atomic E-state index is 11.9. The van der Waals surface area contributed by atoms with Crippen molar-refractivity contribution in [3.05, 3.63) is 48.0 Å². The first-order chi connectivity index (χ1) is 9.11. The SMILES string of the molecule is O=C(NC(CO)C(=O)O)c1ccc2ccccc2c1. The highest BCUT2D eigenvalue weighted by Gasteiger charge is 2.19. The van der Waals surface area contributed by atoms with Crippen LogP contribution in [0, 0.1) is 0 Å². The number of amides is 1. The molecule has 0 aliphatic carbocycles. The Morgan fingerprint density at radius 2 is 1.79 bits per heavy atom. The van der Waals surface area contributed by atoms with Crippen LogP contribution in [0.2, 0.25) is 0 Å². The quantitative estimate of drug-likeness (QED) is 0.765. The zero-order valence-corrected chi connectivity index (χ0v) is 10.0. The lowest BCUT2D eigenvalue weighted by atomic mass is 10.1. The van der Waals surface area contributed by atoms with Crippen molar-refractivity contribution in [3.8, 4) is 0 Å². The molecule has 1 unspecified atom stereocenters. The number of carbonyl (C=O) groups is 2. The van der Waals surface area contributed by atoms with Crippen molar-refractivity contribution in [3.63, 3.8) is 0 Å². The Bertz CT molecular complexity index is 624. The van der Waals surface area contributed by atoms with Crippen LogP contribution in [0.5, 0.6) is 0 Å². The van der Waals surface area contributed by atoms with E-state index in [1.807, 2.05) is 24.3 Å². The second kappa shape index (κ2) is 5.49. The van der Waals surface area contributed by atoms with Crippen LogP contribution in [0.25, 0.3) is 10.8 Å². The summed E-state index contributed by atoms with van der Waals surface area (Å²) in [5, 5.41) is 21.8. The van der Waals surface area contributed by atoms with Crippen molar-refractivity contribution in [1.29, 1.82) is 0 Å². The van der Waals surface area contributed by atoms with Crippen LogP contribution in [0.3, 0.4) is 0 Å². The molecule has 98 valence electrons. The second-order valence-electron chi connectivity index (χ2n) is 4.11. The molecule has 0 saturated heterocycles. The molecule has 0 aliphatic rings. The van der Waals surface area contributed by atoms with Crippen molar-refractivity contribution in [2.75, 3.05) is 6.61 Å². The minimum Gasteiger partial charge on any atom is -0.480 e. The van der Waals surface area contributed by atoms with Crippen LogP contribution in [-0.4, -0.2) is 34.7 Å². The second-order valence-corrected chi connectivity index (χ2v) is 4.11. The molecular weight excluding hydrogens is 246 g/mol. The fourth-order valence-electron chi connectivity index (χ4n) is 1.76. The molecule has 0 aromatic heterocycles. The monoisotopic (exact) mass is 259 g/mol. The van der Waals surface area contributed by atoms with Gasteiger partial charge in [0.25, 0.3) is 5.91 Å². The maximum Gasteiger partial charge on any atom is 0.328 e. The van der Waals surface area contributed by atoms with E-state index in [2.05, 4.69) is 5.32 Å². The largest absolute Gasteiger partial charge is 0.480 e. The summed E-state index contributed by atoms with van der Waals surface area (Å²) in [4.78, 5) is 22.6. The summed E-state index contributed by atoms with van der Waals surface area (Å²) < 4.78 is 0. The summed E-state index contributed by atoms with van der Waals surface area (Å²) in [6, 6.07) is 11.3. The zero-order chi connectivity index (χ0) is 13.8. The molecule has 0 saturated carbocycles. The minimum atomic E-state index is -1.29. The Morgan fingerprint density at radius 3 is 2.42 bits per heavy atom. The molecule has 19 heavy (non-hydrogen) atoms. The Hall–Kier alpha value is -2.40. The smallest absolute Gasteiger partial charge is 0.328 e. The van der Waals surface area contributed by atoms with Crippen molar-refractivity contribution in [1.82, 2.24) is 5.32 Å². The van der Waals surface area contributed by atoms with Crippen LogP contribution in [-0.2, 0) is 4.79 Å². The third kappa shape index (κ3) is 2.89. The van der Waals surface area contributed by atoms with Gasteiger partial charge in [0.1, 0.15) is 0 Å². The van der Waals surface area contributed by atoms with Crippen molar-refractivity contribution >= 4 is 22.6 Å². The lowest BCUT2D eigenvalue weighted by molar-refractivity contribution is -0.140. The van der Waals surface area contributed by atoms with Gasteiger partial charge in [0, 0.05) is 5.56 Å². The molecule has 3 N–H and O–H groups in total. The van der Waals surface area contributed by atoms with Crippen LogP contribution < -0.4 is 5.32 Å². The Kier molecular flexibility index (Phi) is 3.77. The number of carboxylic acid groups (broad SMARTS) is 1. The number of rotatable bonds is 4. The highest BCUT2D eigenvalue weighted by Crippen LogP contribution is 2.15. The highest BCUT2D eigenvalue weighted by molar-refractivity contribution is 6.00. The van der Waals surface area contributed by atoms with Gasteiger partial charge in [0.05, 0.1) is 6.61 Å². The molecule has 2 aromatic carbocycles. The summed E-state index contributed by atoms with van der Waals surface area (Å²) in [6.07, 6.45) is 0. The normalized spacial score (nSPS) is 12.1. The highest BCUT2D eigenvalue weighted by atomic mass is 16.4. The third-order valence-corrected chi connectivity index (χ3v) is 2.80. The van der Waals surface area contributed by atoms with Gasteiger partial charge in [-0.15, -0.1) is 0 Å². The summed E-state index contributed by atoms with van der Waals surface area (Å²) in [6.45, 7) is -0.644. The average Bonchev–Trinajstić information content (AvgIpc) is 2.43. The zero-order valence-electron chi connectivity index (χ0n) is 10.0. The minimum absolute atomic E-state index is 0.360. The predicted octanol–water partition coefficient (Wildman–Crippen LogP) is 1.02. The summed E-state index contributed by atoms with van der Waals surface area (Å²) >= 11 is 0. The lowest BCUT2D eigenvalue weighted by Gasteiger charge is -2.11. The van der Waals surface area contributed by atoms with Gasteiger partial charge in [-0.1, -0.05) is 30.3 Å². The molecular formula is C14H13NO4. The summed E-state index contributed by atoms with van der Waals surface area (Å²) in [5.74, 6) is -1.79. The van der Waals surface area contributed by atoms with E-state index >= 15 is 0 Å². The Morgan fingerprint density at radius 1 is 1.11 bits per heavy atom. The van der Waals surface area contributed by atoms with E-state index in [1.165, 1.54) is 0 Å². The topological polar surface area (TPSA) is 86.6 Å². The lowest BCUT2D eigenvalue weighted by Crippen LogP contribution is -2.43. The van der Waals surface area contributed by atoms with Gasteiger partial charge in [-0.3, -0.25) is 4.79 Å². The van der Waals surface area contributed by atoms with Gasteiger partial charge in [-0.25, -0.2) is 4.79 Å². The first-order valence-electron chi connectivity index (χ1n) is 5.75. The van der Waals surface area contributed by atoms with E-state index in [0.29, 0.717) is 5.56 Å². The predicted molar refractivity (Wildman–Crippen MR) is 69.9 cm³/mol. The number of aliphatic carboxylic acids is 1. The summed E-state index contributed by atoms with van der Waals surface area (Å²) in [7, 11) is 0. The number of carboxylic acids is 1. The van der Waals surface area contributed by atoms with Gasteiger partial charge in [0.2, 0.25) is 0 Å². The maximum atomic E-state index is 11.9. The first-order valence-corrected chi connectivity index (χ1v) is 5.75. The molecule has 5 nitrogen and oxygen atoms in total. The molecule has 2 aromatic rings. The Balaban J connectivity index is 2.24. The van der Waals surface area contributed by atoms with Crippen LogP contribution >= 0.6 is 0 Å². The van der Waals surface area contributed by atoms with Crippen LogP contribution in [0.4, 0.5) is 0 Å². The summed E-state index contributed by atoms with van der Waals surface area (Å²) in [5.41, 5.74) is 0.360. The van der Waals surface area contributed by atoms with E-state index in [0.717, 1.165) is 10.8 Å². The van der Waals surface area contributed by atoms with Gasteiger partial charge in [-0.05, 0) is 22.9 Å². The molecule has 0 heterocycles. The molecule has 0 aliphatic heterocycles. The van der Waals surface area contributed by atoms with E-state index in [9.17, 15) is 9.59 Å². The van der Waals surface area contributed by atoms with Gasteiger partial charge >= 0.3 is 5.97 Å². The van der Waals surface area contributed by atoms with Crippen molar-refractivity contribution < 1.29 is 19.8 Å². The van der Waals surface area contributed by atoms with E-state index in [4.69, 9.17) is 10.2 Å². The van der Waals surface area contributed by atoms with Crippen LogP contribution in [0.1, 0.15) is 10.4 Å². The molecule has 0 radical (unpaired) electrons. The van der Waals surface area contributed by atoms with Gasteiger partial charge in [-0.2, -0.15) is 0 Å². The molecule has 5 heteroatoms. The molecule has 0 bridgehead atoms. The number of benzene rings is 2. The van der Waals surface area contributed by atoms with Gasteiger partial charge < -0.3 is 15.5 Å². The van der Waals surface area contributed by atoms with Crippen molar-refractivity contribution in [2.45, 2.75) is 6.04 Å². The van der Waals surface area contributed by atoms with E-state index in [1.54, 1.807) is 18.2 Å². The molecule has 2 rings (SSSR count). The number of aliphatic hydroxyl groups excluding tert-OH is 1. The molecule has 1 atom stereocenters. The van der Waals surface area contributed by atoms with Crippen LogP contribution in [0.15, 0.2) is 42.5 Å². The first kappa shape index (κ1) is 13.0. The fraction of sp³-hybridized carbons (Fsp3) is 0.143. The number of aliphatic hydroxyl groups is 1. The average molecular weight is 259 g/mol. The molecule has 1 amide bonds. The number of fused-ring (bicyclic) bond motifs is 1. The van der Waals surface area contributed by atoms with E-state index < -0.39 is 24.5 Å². The fourth-order valence-corrected chi connectivity index (χ4v) is 1.76. The van der Waals surface area contributed by atoms with Gasteiger partial charge in [0.15, 0.2) is 6.04 Å². The van der Waals surface area contributed by atoms with E-state index in [-0.39, 0.29) is 0 Å². The van der Waals surface area contributed by atoms with Crippen molar-refractivity contribution in [2.24, 2.45) is 0 Å². The Labute approximate surface area is 109 Å². The number of hydrogen-bond donors (Lipinski definition) is 3. The number of hydrogen-bond acceptors (Lipinski definition) is 3. The standard InChI is InChI=1S/C14H13NO4/c16-8-12(14(18)19)15-13(17)11-6-5-9-3-1-2-4-10(9)7-11/h1-7,12,16H,8H2,(H,15,17)(H,18,19). The number of nitrogens with one attached hydrogen (secondary N) is 1. The molecule has 0 spiro atoms. The third-order valence-electron chi connectivity index (χ3n) is 2.80. The molecule has 0 fully saturated rings.